The maximum atomic E-state index is 14.7. The summed E-state index contributed by atoms with van der Waals surface area (Å²) >= 11 is 5.91. The van der Waals surface area contributed by atoms with E-state index in [0.29, 0.717) is 10.6 Å². The van der Waals surface area contributed by atoms with E-state index in [1.54, 1.807) is 24.3 Å². The summed E-state index contributed by atoms with van der Waals surface area (Å²) in [7, 11) is -4.03. The summed E-state index contributed by atoms with van der Waals surface area (Å²) in [5, 5.41) is 0.510. The van der Waals surface area contributed by atoms with Crippen molar-refractivity contribution in [2.75, 3.05) is 10.7 Å². The van der Waals surface area contributed by atoms with Crippen LogP contribution in [0.3, 0.4) is 0 Å². The van der Waals surface area contributed by atoms with E-state index >= 15 is 0 Å². The predicted octanol–water partition coefficient (Wildman–Crippen LogP) is 3.53. The molecule has 0 spiro atoms. The normalized spacial score (nSPS) is 19.9. The first kappa shape index (κ1) is 23.7. The van der Waals surface area contributed by atoms with Crippen LogP contribution in [0.1, 0.15) is 35.2 Å². The third kappa shape index (κ3) is 4.92. The molecule has 0 saturated heterocycles. The number of amides is 1. The van der Waals surface area contributed by atoms with E-state index in [4.69, 9.17) is 17.3 Å². The number of nitrogens with two attached hydrogens (primary N) is 1. The molecule has 1 aliphatic carbocycles. The Hall–Kier alpha value is -2.00. The number of Topliss-reactive ketones (excluding diaryl/α,β-unsaturated/α-hetero) is 1. The van der Waals surface area contributed by atoms with Crippen molar-refractivity contribution in [2.24, 2.45) is 11.7 Å². The number of carbonyl (C=O) groups is 2. The molecule has 0 aromatic heterocycles. The fourth-order valence-corrected chi connectivity index (χ4v) is 5.25. The Morgan fingerprint density at radius 3 is 2.45 bits per heavy atom. The molecule has 166 valence electrons. The molecule has 2 aromatic carbocycles. The molecular formula is C21H21Cl2FN2O4S. The lowest BCUT2D eigenvalue weighted by molar-refractivity contribution is -0.119. The molecule has 2 N–H and O–H groups in total. The van der Waals surface area contributed by atoms with Crippen LogP contribution < -0.4 is 10.6 Å². The van der Waals surface area contributed by atoms with Crippen LogP contribution in [-0.4, -0.2) is 31.9 Å². The number of ketones is 1. The van der Waals surface area contributed by atoms with Gasteiger partial charge in [-0.1, -0.05) is 23.7 Å². The van der Waals surface area contributed by atoms with Crippen LogP contribution in [0.2, 0.25) is 5.02 Å². The summed E-state index contributed by atoms with van der Waals surface area (Å²) in [6.45, 7) is 0.00805. The molecule has 31 heavy (non-hydrogen) atoms. The average molecular weight is 487 g/mol. The number of hydrogen-bond acceptors (Lipinski definition) is 5. The molecule has 0 unspecified atom stereocenters. The minimum atomic E-state index is -4.03. The molecule has 2 aliphatic rings. The zero-order valence-corrected chi connectivity index (χ0v) is 18.8. The second-order valence-electron chi connectivity index (χ2n) is 7.81. The first-order valence-electron chi connectivity index (χ1n) is 9.56. The summed E-state index contributed by atoms with van der Waals surface area (Å²) in [6.07, 6.45) is 2.04. The first-order valence-corrected chi connectivity index (χ1v) is 11.6. The van der Waals surface area contributed by atoms with Crippen molar-refractivity contribution in [3.63, 3.8) is 0 Å². The quantitative estimate of drug-likeness (QED) is 0.651. The van der Waals surface area contributed by atoms with E-state index in [1.165, 1.54) is 11.0 Å². The maximum absolute atomic E-state index is 14.7. The van der Waals surface area contributed by atoms with Gasteiger partial charge in [0, 0.05) is 11.4 Å². The molecule has 1 aliphatic heterocycles. The molecule has 2 aromatic rings. The van der Waals surface area contributed by atoms with Crippen LogP contribution in [0.5, 0.6) is 0 Å². The fourth-order valence-electron chi connectivity index (χ4n) is 3.56. The minimum absolute atomic E-state index is 0. The molecule has 10 heteroatoms. The Balaban J connectivity index is 0.00000272. The first-order chi connectivity index (χ1) is 14.2. The fraction of sp³-hybridized carbons (Fsp3) is 0.333. The Morgan fingerprint density at radius 1 is 1.19 bits per heavy atom. The Labute approximate surface area is 190 Å². The number of rotatable bonds is 5. The Morgan fingerprint density at radius 2 is 1.84 bits per heavy atom. The summed E-state index contributed by atoms with van der Waals surface area (Å²) in [6, 6.07) is 7.40. The van der Waals surface area contributed by atoms with Crippen molar-refractivity contribution >= 4 is 51.2 Å². The third-order valence-corrected chi connectivity index (χ3v) is 7.43. The topological polar surface area (TPSA) is 97.5 Å². The lowest BCUT2D eigenvalue weighted by Gasteiger charge is -2.25. The van der Waals surface area contributed by atoms with Gasteiger partial charge in [-0.3, -0.25) is 9.59 Å². The molecular weight excluding hydrogens is 466 g/mol. The van der Waals surface area contributed by atoms with Gasteiger partial charge < -0.3 is 10.6 Å². The number of anilines is 1. The summed E-state index contributed by atoms with van der Waals surface area (Å²) in [5.41, 5.74) is 6.31. The van der Waals surface area contributed by atoms with Crippen molar-refractivity contribution in [3.05, 3.63) is 58.4 Å². The van der Waals surface area contributed by atoms with Gasteiger partial charge in [0.1, 0.15) is 5.82 Å². The van der Waals surface area contributed by atoms with Crippen LogP contribution >= 0.6 is 24.0 Å². The highest BCUT2D eigenvalue weighted by atomic mass is 35.5. The van der Waals surface area contributed by atoms with Crippen molar-refractivity contribution < 1.29 is 22.4 Å². The molecule has 1 fully saturated rings. The van der Waals surface area contributed by atoms with Crippen LogP contribution in [0.25, 0.3) is 0 Å². The maximum Gasteiger partial charge on any atom is 0.245 e. The van der Waals surface area contributed by atoms with Gasteiger partial charge in [-0.05, 0) is 48.6 Å². The number of carbonyl (C=O) groups excluding carboxylic acids is 2. The number of halogens is 3. The summed E-state index contributed by atoms with van der Waals surface area (Å²) in [4.78, 5) is 26.4. The van der Waals surface area contributed by atoms with Crippen LogP contribution in [0.4, 0.5) is 10.1 Å². The van der Waals surface area contributed by atoms with E-state index in [1.807, 2.05) is 0 Å². The molecule has 0 radical (unpaired) electrons. The smallest absolute Gasteiger partial charge is 0.245 e. The molecule has 0 bridgehead atoms. The molecule has 1 atom stereocenters. The summed E-state index contributed by atoms with van der Waals surface area (Å²) < 4.78 is 40.3. The number of benzene rings is 2. The van der Waals surface area contributed by atoms with Gasteiger partial charge in [-0.2, -0.15) is 0 Å². The number of nitrogens with zero attached hydrogens (tertiary/aromatic N) is 1. The molecule has 4 rings (SSSR count). The number of fused-ring (bicyclic) bond motifs is 1. The van der Waals surface area contributed by atoms with E-state index in [2.05, 4.69) is 0 Å². The monoisotopic (exact) mass is 486 g/mol. The van der Waals surface area contributed by atoms with Crippen LogP contribution in [-0.2, 0) is 21.2 Å². The largest absolute Gasteiger partial charge is 0.319 e. The van der Waals surface area contributed by atoms with Gasteiger partial charge >= 0.3 is 0 Å². The molecule has 1 amide bonds. The second-order valence-corrected chi connectivity index (χ2v) is 10.2. The van der Waals surface area contributed by atoms with Crippen molar-refractivity contribution in [3.8, 4) is 0 Å². The van der Waals surface area contributed by atoms with Crippen molar-refractivity contribution in [2.45, 2.75) is 36.7 Å². The second kappa shape index (κ2) is 8.86. The van der Waals surface area contributed by atoms with Crippen molar-refractivity contribution in [1.82, 2.24) is 0 Å². The SMILES string of the molecule is Cl.N[C@H]1CS(=O)(=O)c2cc(F)c(C(=O)CC3CC3)cc2N(Cc2ccc(Cl)cc2)C1=O. The molecule has 6 nitrogen and oxygen atoms in total. The van der Waals surface area contributed by atoms with Crippen LogP contribution in [0, 0.1) is 11.7 Å². The zero-order valence-electron chi connectivity index (χ0n) is 16.4. The van der Waals surface area contributed by atoms with E-state index in [9.17, 15) is 22.4 Å². The van der Waals surface area contributed by atoms with Crippen molar-refractivity contribution in [1.29, 1.82) is 0 Å². The lowest BCUT2D eigenvalue weighted by atomic mass is 10.0. The number of sulfone groups is 1. The summed E-state index contributed by atoms with van der Waals surface area (Å²) in [5.74, 6) is -2.32. The van der Waals surface area contributed by atoms with Gasteiger partial charge in [-0.15, -0.1) is 12.4 Å². The zero-order chi connectivity index (χ0) is 21.6. The highest BCUT2D eigenvalue weighted by Gasteiger charge is 2.38. The Bertz CT molecular complexity index is 1130. The van der Waals surface area contributed by atoms with Gasteiger partial charge in [0.15, 0.2) is 15.6 Å². The van der Waals surface area contributed by atoms with Gasteiger partial charge in [-0.25, -0.2) is 12.8 Å². The van der Waals surface area contributed by atoms with Gasteiger partial charge in [0.05, 0.1) is 34.5 Å². The van der Waals surface area contributed by atoms with E-state index in [0.717, 1.165) is 18.9 Å². The molecule has 1 heterocycles. The minimum Gasteiger partial charge on any atom is -0.319 e. The van der Waals surface area contributed by atoms with Gasteiger partial charge in [0.25, 0.3) is 0 Å². The van der Waals surface area contributed by atoms with Gasteiger partial charge in [0.2, 0.25) is 5.91 Å². The average Bonchev–Trinajstić information content (AvgIpc) is 3.50. The standard InChI is InChI=1S/C21H20ClFN2O4S.ClH/c22-14-5-3-13(4-6-14)10-25-18-8-15(19(26)7-12-1-2-12)16(23)9-20(18)30(28,29)11-17(24)21(25)27;/h3-6,8-9,12,17H,1-2,7,10-11,24H2;1H/t17-;/m0./s1. The predicted molar refractivity (Wildman–Crippen MR) is 118 cm³/mol. The highest BCUT2D eigenvalue weighted by Crippen LogP contribution is 2.37. The molecule has 1 saturated carbocycles. The van der Waals surface area contributed by atoms with Crippen LogP contribution in [0.15, 0.2) is 41.3 Å². The lowest BCUT2D eigenvalue weighted by Crippen LogP contribution is -2.45. The number of hydrogen-bond donors (Lipinski definition) is 1. The Kier molecular flexibility index (Phi) is 6.76. The van der Waals surface area contributed by atoms with E-state index < -0.39 is 39.1 Å². The highest BCUT2D eigenvalue weighted by molar-refractivity contribution is 7.91. The van der Waals surface area contributed by atoms with E-state index in [-0.39, 0.29) is 47.4 Å². The third-order valence-electron chi connectivity index (χ3n) is 5.38.